The van der Waals surface area contributed by atoms with E-state index in [0.29, 0.717) is 0 Å². The first-order valence-corrected chi connectivity index (χ1v) is 12.1. The minimum Gasteiger partial charge on any atom is -0.466 e. The maximum Gasteiger partial charge on any atom is 0.200 e. The summed E-state index contributed by atoms with van der Waals surface area (Å²) in [6.45, 7) is 7.31. The van der Waals surface area contributed by atoms with E-state index in [0.717, 1.165) is 44.6 Å². The summed E-state index contributed by atoms with van der Waals surface area (Å²) in [6.07, 6.45) is 2.83. The molecule has 3 heterocycles. The van der Waals surface area contributed by atoms with Crippen molar-refractivity contribution in [2.75, 3.05) is 13.1 Å². The summed E-state index contributed by atoms with van der Waals surface area (Å²) in [5.74, 6) is 1.04. The van der Waals surface area contributed by atoms with Crippen molar-refractivity contribution < 1.29 is 4.74 Å². The lowest BCUT2D eigenvalue weighted by molar-refractivity contribution is -0.150. The van der Waals surface area contributed by atoms with Crippen molar-refractivity contribution in [3.63, 3.8) is 0 Å². The number of aryl methyl sites for hydroxylation is 2. The second-order valence-electron chi connectivity index (χ2n) is 9.83. The number of fused-ring (bicyclic) bond motifs is 4. The van der Waals surface area contributed by atoms with Gasteiger partial charge in [0, 0.05) is 44.5 Å². The molecule has 1 atom stereocenters. The molecule has 4 heteroatoms. The van der Waals surface area contributed by atoms with Gasteiger partial charge >= 0.3 is 0 Å². The number of piperidine rings is 1. The number of benzene rings is 3. The first kappa shape index (κ1) is 20.5. The molecule has 6 rings (SSSR count). The lowest BCUT2D eigenvalue weighted by Gasteiger charge is -2.51. The van der Waals surface area contributed by atoms with Crippen LogP contribution in [0.5, 0.6) is 5.75 Å². The van der Waals surface area contributed by atoms with Gasteiger partial charge < -0.3 is 4.74 Å². The Balaban J connectivity index is 1.31. The molecular formula is C29H31N3O. The summed E-state index contributed by atoms with van der Waals surface area (Å²) in [5.41, 5.74) is 7.23. The molecule has 0 unspecified atom stereocenters. The van der Waals surface area contributed by atoms with Crippen LogP contribution in [-0.2, 0) is 6.54 Å². The van der Waals surface area contributed by atoms with E-state index in [9.17, 15) is 0 Å². The molecular weight excluding hydrogens is 406 g/mol. The molecule has 168 valence electrons. The molecule has 0 bridgehead atoms. The van der Waals surface area contributed by atoms with Crippen LogP contribution in [0, 0.1) is 13.8 Å². The third-order valence-corrected chi connectivity index (χ3v) is 7.42. The summed E-state index contributed by atoms with van der Waals surface area (Å²) in [4.78, 5) is 2.55. The number of likely N-dealkylation sites (tertiary alicyclic amines) is 1. The number of hydrogen-bond donors (Lipinski definition) is 0. The smallest absolute Gasteiger partial charge is 0.200 e. The fourth-order valence-electron chi connectivity index (χ4n) is 5.55. The summed E-state index contributed by atoms with van der Waals surface area (Å²) >= 11 is 0. The second-order valence-corrected chi connectivity index (χ2v) is 9.83. The van der Waals surface area contributed by atoms with Crippen molar-refractivity contribution in [2.45, 2.75) is 51.4 Å². The van der Waals surface area contributed by atoms with Crippen molar-refractivity contribution in [3.05, 3.63) is 101 Å². The van der Waals surface area contributed by atoms with Crippen LogP contribution < -0.4 is 4.74 Å². The van der Waals surface area contributed by atoms with Crippen LogP contribution in [0.1, 0.15) is 53.1 Å². The summed E-state index contributed by atoms with van der Waals surface area (Å²) in [7, 11) is 0. The maximum atomic E-state index is 6.82. The molecule has 4 nitrogen and oxygen atoms in total. The SMILES string of the molecule is Cc1ccc(C2=NN3[C@H](C2)c2cc(C)ccc2OC32CCN(Cc3ccccc3)CC2)cc1. The van der Waals surface area contributed by atoms with Gasteiger partial charge in [-0.3, -0.25) is 4.90 Å². The van der Waals surface area contributed by atoms with E-state index in [-0.39, 0.29) is 11.8 Å². The van der Waals surface area contributed by atoms with Gasteiger partial charge in [-0.2, -0.15) is 5.10 Å². The second kappa shape index (κ2) is 8.03. The average molecular weight is 438 g/mol. The first-order valence-electron chi connectivity index (χ1n) is 12.1. The highest BCUT2D eigenvalue weighted by Gasteiger charge is 2.51. The quantitative estimate of drug-likeness (QED) is 0.515. The Hall–Kier alpha value is -3.11. The fourth-order valence-corrected chi connectivity index (χ4v) is 5.55. The predicted octanol–water partition coefficient (Wildman–Crippen LogP) is 5.84. The Morgan fingerprint density at radius 3 is 2.39 bits per heavy atom. The zero-order valence-electron chi connectivity index (χ0n) is 19.5. The van der Waals surface area contributed by atoms with Crippen molar-refractivity contribution in [3.8, 4) is 5.75 Å². The van der Waals surface area contributed by atoms with Crippen LogP contribution in [0.25, 0.3) is 0 Å². The summed E-state index contributed by atoms with van der Waals surface area (Å²) in [6, 6.07) is 26.4. The van der Waals surface area contributed by atoms with Gasteiger partial charge in [0.25, 0.3) is 0 Å². The largest absolute Gasteiger partial charge is 0.466 e. The van der Waals surface area contributed by atoms with Gasteiger partial charge in [0.05, 0.1) is 11.8 Å². The van der Waals surface area contributed by atoms with Crippen LogP contribution >= 0.6 is 0 Å². The third kappa shape index (κ3) is 3.72. The molecule has 3 aromatic carbocycles. The number of nitrogens with zero attached hydrogens (tertiary/aromatic N) is 3. The molecule has 1 fully saturated rings. The van der Waals surface area contributed by atoms with Crippen molar-refractivity contribution in [1.82, 2.24) is 9.91 Å². The molecule has 1 spiro atoms. The number of hydrazone groups is 1. The molecule has 0 saturated carbocycles. The molecule has 3 aliphatic heterocycles. The highest BCUT2D eigenvalue weighted by molar-refractivity contribution is 6.02. The van der Waals surface area contributed by atoms with Gasteiger partial charge in [0.1, 0.15) is 5.75 Å². The molecule has 3 aromatic rings. The predicted molar refractivity (Wildman–Crippen MR) is 132 cm³/mol. The Labute approximate surface area is 196 Å². The van der Waals surface area contributed by atoms with E-state index in [2.05, 4.69) is 96.6 Å². The van der Waals surface area contributed by atoms with Crippen LogP contribution in [0.15, 0.2) is 77.9 Å². The van der Waals surface area contributed by atoms with Gasteiger partial charge in [-0.25, -0.2) is 5.01 Å². The van der Waals surface area contributed by atoms with Crippen LogP contribution in [0.3, 0.4) is 0 Å². The van der Waals surface area contributed by atoms with E-state index < -0.39 is 0 Å². The molecule has 3 aliphatic rings. The molecule has 0 radical (unpaired) electrons. The van der Waals surface area contributed by atoms with Crippen LogP contribution in [0.4, 0.5) is 0 Å². The molecule has 1 saturated heterocycles. The Morgan fingerprint density at radius 2 is 1.64 bits per heavy atom. The van der Waals surface area contributed by atoms with Crippen LogP contribution in [0.2, 0.25) is 0 Å². The molecule has 0 amide bonds. The van der Waals surface area contributed by atoms with Crippen LogP contribution in [-0.4, -0.2) is 34.4 Å². The van der Waals surface area contributed by atoms with Gasteiger partial charge in [0.2, 0.25) is 5.72 Å². The highest BCUT2D eigenvalue weighted by atomic mass is 16.5. The lowest BCUT2D eigenvalue weighted by Crippen LogP contribution is -2.59. The van der Waals surface area contributed by atoms with Gasteiger partial charge in [-0.05, 0) is 31.0 Å². The monoisotopic (exact) mass is 437 g/mol. The van der Waals surface area contributed by atoms with Gasteiger partial charge in [-0.15, -0.1) is 0 Å². The Bertz CT molecular complexity index is 1180. The fraction of sp³-hybridized carbons (Fsp3) is 0.345. The standard InChI is InChI=1S/C29H31N3O/c1-21-8-11-24(12-9-21)26-19-27-25-18-22(2)10-13-28(25)33-29(32(27)30-26)14-16-31(17-15-29)20-23-6-4-3-5-7-23/h3-13,18,27H,14-17,19-20H2,1-2H3/t27-/m1/s1. The minimum atomic E-state index is -0.368. The van der Waals surface area contributed by atoms with E-state index in [1.807, 2.05) is 0 Å². The minimum absolute atomic E-state index is 0.241. The van der Waals surface area contributed by atoms with Crippen molar-refractivity contribution >= 4 is 5.71 Å². The van der Waals surface area contributed by atoms with Crippen molar-refractivity contribution in [2.24, 2.45) is 5.10 Å². The maximum absolute atomic E-state index is 6.82. The summed E-state index contributed by atoms with van der Waals surface area (Å²) < 4.78 is 6.82. The van der Waals surface area contributed by atoms with Crippen molar-refractivity contribution in [1.29, 1.82) is 0 Å². The summed E-state index contributed by atoms with van der Waals surface area (Å²) in [5, 5.41) is 7.55. The number of hydrogen-bond acceptors (Lipinski definition) is 4. The van der Waals surface area contributed by atoms with Gasteiger partial charge in [-0.1, -0.05) is 77.9 Å². The Kier molecular flexibility index (Phi) is 4.99. The first-order chi connectivity index (χ1) is 16.1. The normalized spacial score (nSPS) is 21.3. The van der Waals surface area contributed by atoms with Gasteiger partial charge in [0.15, 0.2) is 0 Å². The zero-order valence-corrected chi connectivity index (χ0v) is 19.5. The molecule has 0 aliphatic carbocycles. The van der Waals surface area contributed by atoms with E-state index >= 15 is 0 Å². The Morgan fingerprint density at radius 1 is 0.909 bits per heavy atom. The third-order valence-electron chi connectivity index (χ3n) is 7.42. The molecule has 0 N–H and O–H groups in total. The van der Waals surface area contributed by atoms with E-state index in [1.165, 1.54) is 33.5 Å². The van der Waals surface area contributed by atoms with E-state index in [4.69, 9.17) is 9.84 Å². The topological polar surface area (TPSA) is 28.1 Å². The lowest BCUT2D eigenvalue weighted by atomic mass is 9.90. The number of ether oxygens (including phenoxy) is 1. The highest BCUT2D eigenvalue weighted by Crippen LogP contribution is 2.50. The average Bonchev–Trinajstić information content (AvgIpc) is 3.29. The molecule has 0 aromatic heterocycles. The van der Waals surface area contributed by atoms with E-state index in [1.54, 1.807) is 0 Å². The zero-order chi connectivity index (χ0) is 22.4. The molecule has 33 heavy (non-hydrogen) atoms. The number of rotatable bonds is 3.